The van der Waals surface area contributed by atoms with Gasteiger partial charge in [0.05, 0.1) is 14.2 Å². The van der Waals surface area contributed by atoms with Crippen molar-refractivity contribution in [3.63, 3.8) is 0 Å². The van der Waals surface area contributed by atoms with Crippen LogP contribution in [0.3, 0.4) is 0 Å². The summed E-state index contributed by atoms with van der Waals surface area (Å²) in [6.07, 6.45) is 3.00. The molecule has 1 aliphatic rings. The number of likely N-dealkylation sites (tertiary alicyclic amines) is 1. The summed E-state index contributed by atoms with van der Waals surface area (Å²) in [4.78, 5) is 26.4. The molecule has 1 heterocycles. The van der Waals surface area contributed by atoms with E-state index in [1.807, 2.05) is 0 Å². The highest BCUT2D eigenvalue weighted by Gasteiger charge is 2.27. The molecule has 0 spiro atoms. The van der Waals surface area contributed by atoms with Crippen LogP contribution >= 0.6 is 0 Å². The highest BCUT2D eigenvalue weighted by molar-refractivity contribution is 5.95. The summed E-state index contributed by atoms with van der Waals surface area (Å²) in [7, 11) is 3.10. The fraction of sp³-hybridized carbons (Fsp3) is 0.444. The number of carbonyl (C=O) groups is 2. The van der Waals surface area contributed by atoms with Crippen molar-refractivity contribution in [3.05, 3.63) is 36.4 Å². The van der Waals surface area contributed by atoms with Crippen LogP contribution in [0.2, 0.25) is 0 Å². The third-order valence-electron chi connectivity index (χ3n) is 4.20. The van der Waals surface area contributed by atoms with E-state index in [9.17, 15) is 9.59 Å². The molecule has 0 radical (unpaired) electrons. The summed E-state index contributed by atoms with van der Waals surface area (Å²) in [6.45, 7) is 5.20. The van der Waals surface area contributed by atoms with Gasteiger partial charge in [-0.2, -0.15) is 0 Å². The normalized spacial score (nSPS) is 14.8. The largest absolute Gasteiger partial charge is 0.493 e. The molecule has 130 valence electrons. The molecule has 1 saturated heterocycles. The van der Waals surface area contributed by atoms with Crippen molar-refractivity contribution >= 4 is 11.8 Å². The molecule has 6 nitrogen and oxygen atoms in total. The van der Waals surface area contributed by atoms with E-state index in [1.165, 1.54) is 0 Å². The summed E-state index contributed by atoms with van der Waals surface area (Å²) in [5.41, 5.74) is 0.558. The lowest BCUT2D eigenvalue weighted by Crippen LogP contribution is -2.43. The maximum atomic E-state index is 12.6. The van der Waals surface area contributed by atoms with Crippen molar-refractivity contribution in [1.29, 1.82) is 0 Å². The maximum Gasteiger partial charge on any atom is 0.253 e. The van der Waals surface area contributed by atoms with Crippen LogP contribution in [0.1, 0.15) is 23.2 Å². The smallest absolute Gasteiger partial charge is 0.253 e. The zero-order valence-electron chi connectivity index (χ0n) is 14.2. The van der Waals surface area contributed by atoms with Crippen molar-refractivity contribution in [2.75, 3.05) is 33.9 Å². The van der Waals surface area contributed by atoms with E-state index in [0.717, 1.165) is 0 Å². The predicted octanol–water partition coefficient (Wildman–Crippen LogP) is 1.86. The van der Waals surface area contributed by atoms with Crippen LogP contribution < -0.4 is 14.8 Å². The number of benzene rings is 1. The molecule has 1 aromatic carbocycles. The highest BCUT2D eigenvalue weighted by atomic mass is 16.5. The van der Waals surface area contributed by atoms with E-state index in [-0.39, 0.29) is 17.7 Å². The third-order valence-corrected chi connectivity index (χ3v) is 4.20. The van der Waals surface area contributed by atoms with Gasteiger partial charge in [-0.25, -0.2) is 0 Å². The van der Waals surface area contributed by atoms with Crippen LogP contribution in [-0.2, 0) is 4.79 Å². The van der Waals surface area contributed by atoms with Crippen molar-refractivity contribution in [2.45, 2.75) is 12.8 Å². The number of piperidine rings is 1. The van der Waals surface area contributed by atoms with Crippen molar-refractivity contribution in [2.24, 2.45) is 5.92 Å². The summed E-state index contributed by atoms with van der Waals surface area (Å²) in [6, 6.07) is 5.14. The van der Waals surface area contributed by atoms with Gasteiger partial charge in [-0.1, -0.05) is 6.08 Å². The number of ether oxygens (including phenoxy) is 2. The van der Waals surface area contributed by atoms with Gasteiger partial charge >= 0.3 is 0 Å². The Bertz CT molecular complexity index is 607. The highest BCUT2D eigenvalue weighted by Crippen LogP contribution is 2.28. The maximum absolute atomic E-state index is 12.6. The lowest BCUT2D eigenvalue weighted by Gasteiger charge is -2.31. The number of hydrogen-bond acceptors (Lipinski definition) is 4. The van der Waals surface area contributed by atoms with E-state index < -0.39 is 0 Å². The van der Waals surface area contributed by atoms with Gasteiger partial charge in [-0.3, -0.25) is 9.59 Å². The van der Waals surface area contributed by atoms with Gasteiger partial charge < -0.3 is 19.7 Å². The van der Waals surface area contributed by atoms with Gasteiger partial charge in [0.1, 0.15) is 0 Å². The Morgan fingerprint density at radius 3 is 2.50 bits per heavy atom. The Hall–Kier alpha value is -2.50. The molecule has 0 aliphatic carbocycles. The van der Waals surface area contributed by atoms with Crippen LogP contribution in [0.5, 0.6) is 11.5 Å². The second-order valence-corrected chi connectivity index (χ2v) is 5.67. The van der Waals surface area contributed by atoms with E-state index >= 15 is 0 Å². The monoisotopic (exact) mass is 332 g/mol. The third kappa shape index (κ3) is 4.07. The quantitative estimate of drug-likeness (QED) is 0.808. The zero-order valence-corrected chi connectivity index (χ0v) is 14.2. The molecule has 1 aromatic rings. The first-order chi connectivity index (χ1) is 11.6. The first-order valence-electron chi connectivity index (χ1n) is 8.00. The molecule has 0 bridgehead atoms. The van der Waals surface area contributed by atoms with E-state index in [2.05, 4.69) is 11.9 Å². The van der Waals surface area contributed by atoms with Crippen LogP contribution in [0.4, 0.5) is 0 Å². The molecule has 0 saturated carbocycles. The van der Waals surface area contributed by atoms with Crippen molar-refractivity contribution < 1.29 is 19.1 Å². The molecular formula is C18H24N2O4. The van der Waals surface area contributed by atoms with E-state index in [1.54, 1.807) is 43.4 Å². The summed E-state index contributed by atoms with van der Waals surface area (Å²) in [5, 5.41) is 2.81. The molecule has 2 amide bonds. The number of amides is 2. The zero-order chi connectivity index (χ0) is 17.5. The van der Waals surface area contributed by atoms with Gasteiger partial charge in [0.25, 0.3) is 5.91 Å². The van der Waals surface area contributed by atoms with E-state index in [4.69, 9.17) is 9.47 Å². The SMILES string of the molecule is C=CCNC(=O)C1CCN(C(=O)c2ccc(OC)c(OC)c2)CC1. The number of carbonyl (C=O) groups excluding carboxylic acids is 2. The summed E-state index contributed by atoms with van der Waals surface area (Å²) < 4.78 is 10.4. The minimum absolute atomic E-state index is 0.0353. The Kier molecular flexibility index (Phi) is 6.23. The number of methoxy groups -OCH3 is 2. The van der Waals surface area contributed by atoms with Crippen molar-refractivity contribution in [3.8, 4) is 11.5 Å². The van der Waals surface area contributed by atoms with Crippen LogP contribution in [0, 0.1) is 5.92 Å². The van der Waals surface area contributed by atoms with Gasteiger partial charge in [-0.15, -0.1) is 6.58 Å². The van der Waals surface area contributed by atoms with Crippen LogP contribution in [0.25, 0.3) is 0 Å². The Labute approximate surface area is 142 Å². The van der Waals surface area contributed by atoms with Crippen LogP contribution in [0.15, 0.2) is 30.9 Å². The summed E-state index contributed by atoms with van der Waals surface area (Å²) in [5.74, 6) is 1.06. The van der Waals surface area contributed by atoms with Gasteiger partial charge in [-0.05, 0) is 31.0 Å². The second-order valence-electron chi connectivity index (χ2n) is 5.67. The van der Waals surface area contributed by atoms with Gasteiger partial charge in [0, 0.05) is 31.1 Å². The number of hydrogen-bond donors (Lipinski definition) is 1. The summed E-state index contributed by atoms with van der Waals surface area (Å²) >= 11 is 0. The molecule has 1 fully saturated rings. The van der Waals surface area contributed by atoms with Gasteiger partial charge in [0.2, 0.25) is 5.91 Å². The second kappa shape index (κ2) is 8.38. The van der Waals surface area contributed by atoms with Gasteiger partial charge in [0.15, 0.2) is 11.5 Å². The molecule has 0 unspecified atom stereocenters. The molecule has 1 N–H and O–H groups in total. The Morgan fingerprint density at radius 2 is 1.92 bits per heavy atom. The molecule has 24 heavy (non-hydrogen) atoms. The molecule has 1 aliphatic heterocycles. The first-order valence-corrected chi connectivity index (χ1v) is 8.00. The molecule has 6 heteroatoms. The Balaban J connectivity index is 1.97. The molecule has 0 aromatic heterocycles. The number of rotatable bonds is 6. The molecular weight excluding hydrogens is 308 g/mol. The van der Waals surface area contributed by atoms with Crippen molar-refractivity contribution in [1.82, 2.24) is 10.2 Å². The average molecular weight is 332 g/mol. The lowest BCUT2D eigenvalue weighted by atomic mass is 9.95. The minimum Gasteiger partial charge on any atom is -0.493 e. The molecule has 0 atom stereocenters. The van der Waals surface area contributed by atoms with Crippen LogP contribution in [-0.4, -0.2) is 50.6 Å². The minimum atomic E-state index is -0.0547. The fourth-order valence-electron chi connectivity index (χ4n) is 2.81. The molecule has 2 rings (SSSR count). The topological polar surface area (TPSA) is 67.9 Å². The lowest BCUT2D eigenvalue weighted by molar-refractivity contribution is -0.126. The number of nitrogens with one attached hydrogen (secondary N) is 1. The fourth-order valence-corrected chi connectivity index (χ4v) is 2.81. The van der Waals surface area contributed by atoms with E-state index in [0.29, 0.717) is 49.5 Å². The first kappa shape index (κ1) is 17.8. The predicted molar refractivity (Wildman–Crippen MR) is 91.4 cm³/mol. The standard InChI is InChI=1S/C18H24N2O4/c1-4-9-19-17(21)13-7-10-20(11-8-13)18(22)14-5-6-15(23-2)16(12-14)24-3/h4-6,12-13H,1,7-11H2,2-3H3,(H,19,21). The average Bonchev–Trinajstić information content (AvgIpc) is 2.64. The Morgan fingerprint density at radius 1 is 1.25 bits per heavy atom. The number of nitrogens with zero attached hydrogens (tertiary/aromatic N) is 1.